The number of aromatic nitrogens is 1. The molecule has 0 fully saturated rings. The smallest absolute Gasteiger partial charge is 0.305 e. The third-order valence-corrected chi connectivity index (χ3v) is 4.54. The zero-order valence-electron chi connectivity index (χ0n) is 16.5. The third kappa shape index (κ3) is 5.03. The minimum absolute atomic E-state index is 0.00936. The molecule has 0 saturated carbocycles. The summed E-state index contributed by atoms with van der Waals surface area (Å²) in [5, 5.41) is 20.9. The van der Waals surface area contributed by atoms with Crippen molar-refractivity contribution in [3.05, 3.63) is 83.3 Å². The van der Waals surface area contributed by atoms with E-state index in [-0.39, 0.29) is 11.3 Å². The van der Waals surface area contributed by atoms with E-state index in [4.69, 9.17) is 10.00 Å². The molecule has 2 N–H and O–H groups in total. The number of nitriles is 1. The second-order valence-corrected chi connectivity index (χ2v) is 6.59. The number of amides is 1. The minimum atomic E-state index is -1.19. The molecular weight excluding hydrogens is 401 g/mol. The highest BCUT2D eigenvalue weighted by Crippen LogP contribution is 2.29. The largest absolute Gasteiger partial charge is 0.494 e. The first kappa shape index (κ1) is 21.5. The lowest BCUT2D eigenvalue weighted by molar-refractivity contribution is -0.137. The van der Waals surface area contributed by atoms with Gasteiger partial charge in [0.25, 0.3) is 5.91 Å². The standard InChI is InChI=1S/C23H18FN3O4/c1-31-20-10-9-18(26-22(20)15-6-4-5-14(11-15)13-25)23(30)27-19(12-21(28)29)16-7-2-3-8-17(16)24/h2-11,19H,12H2,1H3,(H,27,30)(H,28,29). The van der Waals surface area contributed by atoms with Crippen molar-refractivity contribution < 1.29 is 23.8 Å². The molecule has 1 amide bonds. The highest BCUT2D eigenvalue weighted by molar-refractivity contribution is 5.93. The van der Waals surface area contributed by atoms with Gasteiger partial charge in [0.05, 0.1) is 31.2 Å². The van der Waals surface area contributed by atoms with Gasteiger partial charge in [-0.15, -0.1) is 0 Å². The maximum absolute atomic E-state index is 14.2. The van der Waals surface area contributed by atoms with Gasteiger partial charge >= 0.3 is 5.97 Å². The Morgan fingerprint density at radius 3 is 2.65 bits per heavy atom. The SMILES string of the molecule is COc1ccc(C(=O)NC(CC(=O)O)c2ccccc2F)nc1-c1cccc(C#N)c1. The Morgan fingerprint density at radius 2 is 1.97 bits per heavy atom. The van der Waals surface area contributed by atoms with E-state index in [1.54, 1.807) is 36.4 Å². The molecule has 3 aromatic rings. The van der Waals surface area contributed by atoms with Crippen LogP contribution in [0.3, 0.4) is 0 Å². The van der Waals surface area contributed by atoms with Crippen LogP contribution in [0.25, 0.3) is 11.3 Å². The van der Waals surface area contributed by atoms with E-state index < -0.39 is 30.2 Å². The van der Waals surface area contributed by atoms with Crippen LogP contribution < -0.4 is 10.1 Å². The monoisotopic (exact) mass is 419 g/mol. The topological polar surface area (TPSA) is 112 Å². The zero-order chi connectivity index (χ0) is 22.4. The summed E-state index contributed by atoms with van der Waals surface area (Å²) < 4.78 is 19.5. The number of carbonyl (C=O) groups is 2. The van der Waals surface area contributed by atoms with Gasteiger partial charge < -0.3 is 15.2 Å². The first-order chi connectivity index (χ1) is 14.9. The first-order valence-corrected chi connectivity index (χ1v) is 9.25. The molecular formula is C23H18FN3O4. The van der Waals surface area contributed by atoms with Crippen molar-refractivity contribution >= 4 is 11.9 Å². The fourth-order valence-corrected chi connectivity index (χ4v) is 3.08. The summed E-state index contributed by atoms with van der Waals surface area (Å²) in [7, 11) is 1.45. The van der Waals surface area contributed by atoms with Crippen LogP contribution in [0.5, 0.6) is 5.75 Å². The summed E-state index contributed by atoms with van der Waals surface area (Å²) in [5.41, 5.74) is 1.38. The van der Waals surface area contributed by atoms with Crippen LogP contribution in [0.2, 0.25) is 0 Å². The van der Waals surface area contributed by atoms with E-state index in [0.29, 0.717) is 22.6 Å². The van der Waals surface area contributed by atoms with Crippen molar-refractivity contribution in [3.63, 3.8) is 0 Å². The minimum Gasteiger partial charge on any atom is -0.494 e. The summed E-state index contributed by atoms with van der Waals surface area (Å²) >= 11 is 0. The maximum Gasteiger partial charge on any atom is 0.305 e. The molecule has 1 unspecified atom stereocenters. The van der Waals surface area contributed by atoms with Crippen molar-refractivity contribution in [2.45, 2.75) is 12.5 Å². The number of aliphatic carboxylic acids is 1. The zero-order valence-corrected chi connectivity index (χ0v) is 16.5. The van der Waals surface area contributed by atoms with Crippen molar-refractivity contribution in [1.29, 1.82) is 5.26 Å². The summed E-state index contributed by atoms with van der Waals surface area (Å²) in [5.74, 6) is -2.09. The number of carboxylic acid groups (broad SMARTS) is 1. The normalized spacial score (nSPS) is 11.3. The molecule has 0 bridgehead atoms. The number of nitrogens with one attached hydrogen (secondary N) is 1. The molecule has 0 aliphatic heterocycles. The van der Waals surface area contributed by atoms with E-state index in [1.165, 1.54) is 31.4 Å². The number of benzene rings is 2. The lowest BCUT2D eigenvalue weighted by atomic mass is 10.0. The summed E-state index contributed by atoms with van der Waals surface area (Å²) in [6.07, 6.45) is -0.500. The van der Waals surface area contributed by atoms with Gasteiger partial charge in [-0.05, 0) is 30.3 Å². The predicted molar refractivity (Wildman–Crippen MR) is 110 cm³/mol. The number of ether oxygens (including phenoxy) is 1. The second-order valence-electron chi connectivity index (χ2n) is 6.59. The molecule has 3 rings (SSSR count). The van der Waals surface area contributed by atoms with Gasteiger partial charge in [-0.2, -0.15) is 5.26 Å². The Bertz CT molecular complexity index is 1170. The van der Waals surface area contributed by atoms with Crippen molar-refractivity contribution in [2.75, 3.05) is 7.11 Å². The van der Waals surface area contributed by atoms with Crippen LogP contribution in [0.15, 0.2) is 60.7 Å². The van der Waals surface area contributed by atoms with E-state index in [1.807, 2.05) is 6.07 Å². The number of hydrogen-bond acceptors (Lipinski definition) is 5. The number of nitrogens with zero attached hydrogens (tertiary/aromatic N) is 2. The Kier molecular flexibility index (Phi) is 6.58. The quantitative estimate of drug-likeness (QED) is 0.604. The van der Waals surface area contributed by atoms with Gasteiger partial charge in [-0.3, -0.25) is 9.59 Å². The van der Waals surface area contributed by atoms with Gasteiger partial charge in [0, 0.05) is 11.1 Å². The fourth-order valence-electron chi connectivity index (χ4n) is 3.08. The molecule has 8 heteroatoms. The van der Waals surface area contributed by atoms with Gasteiger partial charge in [-0.25, -0.2) is 9.37 Å². The van der Waals surface area contributed by atoms with Gasteiger partial charge in [0.2, 0.25) is 0 Å². The third-order valence-electron chi connectivity index (χ3n) is 4.54. The lowest BCUT2D eigenvalue weighted by Crippen LogP contribution is -2.31. The van der Waals surface area contributed by atoms with Crippen LogP contribution >= 0.6 is 0 Å². The van der Waals surface area contributed by atoms with Crippen LogP contribution in [0.4, 0.5) is 4.39 Å². The van der Waals surface area contributed by atoms with Gasteiger partial charge in [-0.1, -0.05) is 30.3 Å². The van der Waals surface area contributed by atoms with Crippen molar-refractivity contribution in [3.8, 4) is 23.1 Å². The lowest BCUT2D eigenvalue weighted by Gasteiger charge is -2.18. The summed E-state index contributed by atoms with van der Waals surface area (Å²) in [6.45, 7) is 0. The molecule has 156 valence electrons. The van der Waals surface area contributed by atoms with Crippen molar-refractivity contribution in [1.82, 2.24) is 10.3 Å². The summed E-state index contributed by atoms with van der Waals surface area (Å²) in [6, 6.07) is 16.2. The Balaban J connectivity index is 1.96. The van der Waals surface area contributed by atoms with E-state index >= 15 is 0 Å². The fraction of sp³-hybridized carbons (Fsp3) is 0.130. The van der Waals surface area contributed by atoms with E-state index in [2.05, 4.69) is 10.3 Å². The molecule has 1 aromatic heterocycles. The Morgan fingerprint density at radius 1 is 1.19 bits per heavy atom. The maximum atomic E-state index is 14.2. The molecule has 0 radical (unpaired) electrons. The van der Waals surface area contributed by atoms with Crippen LogP contribution in [0.1, 0.15) is 34.1 Å². The van der Waals surface area contributed by atoms with Crippen LogP contribution in [-0.2, 0) is 4.79 Å². The molecule has 0 spiro atoms. The molecule has 2 aromatic carbocycles. The average Bonchev–Trinajstić information content (AvgIpc) is 2.78. The number of rotatable bonds is 7. The molecule has 0 saturated heterocycles. The first-order valence-electron chi connectivity index (χ1n) is 9.25. The molecule has 31 heavy (non-hydrogen) atoms. The molecule has 0 aliphatic carbocycles. The van der Waals surface area contributed by atoms with Crippen LogP contribution in [0, 0.1) is 17.1 Å². The van der Waals surface area contributed by atoms with Gasteiger partial charge in [0.15, 0.2) is 0 Å². The highest BCUT2D eigenvalue weighted by atomic mass is 19.1. The van der Waals surface area contributed by atoms with E-state index in [9.17, 15) is 19.1 Å². The number of halogens is 1. The highest BCUT2D eigenvalue weighted by Gasteiger charge is 2.23. The average molecular weight is 419 g/mol. The predicted octanol–water partition coefficient (Wildman–Crippen LogP) is 3.71. The molecule has 1 heterocycles. The second kappa shape index (κ2) is 9.50. The number of methoxy groups -OCH3 is 1. The number of hydrogen-bond donors (Lipinski definition) is 2. The summed E-state index contributed by atoms with van der Waals surface area (Å²) in [4.78, 5) is 28.5. The van der Waals surface area contributed by atoms with E-state index in [0.717, 1.165) is 0 Å². The molecule has 7 nitrogen and oxygen atoms in total. The molecule has 0 aliphatic rings. The number of carboxylic acids is 1. The number of pyridine rings is 1. The van der Waals surface area contributed by atoms with Crippen LogP contribution in [-0.4, -0.2) is 29.1 Å². The number of carbonyl (C=O) groups excluding carboxylic acids is 1. The Labute approximate surface area is 177 Å². The van der Waals surface area contributed by atoms with Crippen molar-refractivity contribution in [2.24, 2.45) is 0 Å². The molecule has 1 atom stereocenters. The Hall–Kier alpha value is -4.25. The van der Waals surface area contributed by atoms with Gasteiger partial charge in [0.1, 0.15) is 23.0 Å².